The Morgan fingerprint density at radius 2 is 1.83 bits per heavy atom. The molecule has 1 fully saturated rings. The largest absolute Gasteiger partial charge is 0.493 e. The Labute approximate surface area is 171 Å². The van der Waals surface area contributed by atoms with Crippen LogP contribution in [0.5, 0.6) is 11.5 Å². The van der Waals surface area contributed by atoms with E-state index in [0.29, 0.717) is 12.8 Å². The average Bonchev–Trinajstić information content (AvgIpc) is 2.64. The SMILES string of the molecule is COc1cc(F)c(S(=O)(=O)N2CCCCC2CNC(=O)OC(C)(C)C)cc1OC. The second kappa shape index (κ2) is 9.17. The van der Waals surface area contributed by atoms with E-state index in [1.54, 1.807) is 20.8 Å². The van der Waals surface area contributed by atoms with Gasteiger partial charge in [0.25, 0.3) is 0 Å². The molecule has 29 heavy (non-hydrogen) atoms. The number of ether oxygens (including phenoxy) is 3. The number of carbonyl (C=O) groups is 1. The fourth-order valence-corrected chi connectivity index (χ4v) is 4.93. The summed E-state index contributed by atoms with van der Waals surface area (Å²) < 4.78 is 57.6. The third-order valence-electron chi connectivity index (χ3n) is 4.48. The average molecular weight is 433 g/mol. The summed E-state index contributed by atoms with van der Waals surface area (Å²) in [6.07, 6.45) is 1.37. The molecular weight excluding hydrogens is 403 g/mol. The van der Waals surface area contributed by atoms with Crippen LogP contribution in [0.4, 0.5) is 9.18 Å². The molecule has 0 spiro atoms. The first-order valence-electron chi connectivity index (χ1n) is 9.40. The zero-order valence-corrected chi connectivity index (χ0v) is 18.3. The third kappa shape index (κ3) is 5.72. The predicted octanol–water partition coefficient (Wildman–Crippen LogP) is 2.91. The molecule has 1 aliphatic heterocycles. The van der Waals surface area contributed by atoms with Crippen LogP contribution in [-0.2, 0) is 14.8 Å². The van der Waals surface area contributed by atoms with Crippen molar-refractivity contribution in [3.63, 3.8) is 0 Å². The maximum absolute atomic E-state index is 14.6. The first-order chi connectivity index (χ1) is 13.5. The van der Waals surface area contributed by atoms with E-state index in [1.807, 2.05) is 0 Å². The molecule has 1 unspecified atom stereocenters. The molecular formula is C19H29FN2O6S. The molecule has 1 amide bonds. The van der Waals surface area contributed by atoms with Crippen LogP contribution in [0, 0.1) is 5.82 Å². The first-order valence-corrected chi connectivity index (χ1v) is 10.8. The molecule has 1 aliphatic rings. The molecule has 10 heteroatoms. The van der Waals surface area contributed by atoms with Gasteiger partial charge in [0.2, 0.25) is 10.0 Å². The van der Waals surface area contributed by atoms with Crippen molar-refractivity contribution in [1.29, 1.82) is 0 Å². The number of nitrogens with zero attached hydrogens (tertiary/aromatic N) is 1. The summed E-state index contributed by atoms with van der Waals surface area (Å²) in [6, 6.07) is 1.61. The summed E-state index contributed by atoms with van der Waals surface area (Å²) in [4.78, 5) is 11.5. The molecule has 164 valence electrons. The minimum absolute atomic E-state index is 0.0725. The van der Waals surface area contributed by atoms with Gasteiger partial charge in [-0.2, -0.15) is 4.31 Å². The van der Waals surface area contributed by atoms with Crippen LogP contribution >= 0.6 is 0 Å². The quantitative estimate of drug-likeness (QED) is 0.743. The zero-order valence-electron chi connectivity index (χ0n) is 17.5. The second-order valence-electron chi connectivity index (χ2n) is 7.79. The molecule has 8 nitrogen and oxygen atoms in total. The van der Waals surface area contributed by atoms with E-state index < -0.39 is 38.5 Å². The van der Waals surface area contributed by atoms with Crippen molar-refractivity contribution in [1.82, 2.24) is 9.62 Å². The zero-order chi connectivity index (χ0) is 21.8. The van der Waals surface area contributed by atoms with Crippen molar-refractivity contribution in [2.24, 2.45) is 0 Å². The molecule has 1 aromatic carbocycles. The Hall–Kier alpha value is -2.07. The number of hydrogen-bond donors (Lipinski definition) is 1. The number of benzene rings is 1. The Bertz CT molecular complexity index is 838. The summed E-state index contributed by atoms with van der Waals surface area (Å²) in [5.41, 5.74) is -0.662. The molecule has 1 N–H and O–H groups in total. The number of carbonyl (C=O) groups excluding carboxylic acids is 1. The van der Waals surface area contributed by atoms with E-state index in [9.17, 15) is 17.6 Å². The molecule has 0 aromatic heterocycles. The van der Waals surface area contributed by atoms with Crippen molar-refractivity contribution in [3.05, 3.63) is 17.9 Å². The number of rotatable bonds is 6. The first kappa shape index (κ1) is 23.2. The minimum atomic E-state index is -4.15. The fraction of sp³-hybridized carbons (Fsp3) is 0.632. The van der Waals surface area contributed by atoms with Crippen LogP contribution in [0.2, 0.25) is 0 Å². The predicted molar refractivity (Wildman–Crippen MR) is 105 cm³/mol. The van der Waals surface area contributed by atoms with Gasteiger partial charge in [0.1, 0.15) is 16.3 Å². The van der Waals surface area contributed by atoms with Crippen LogP contribution in [0.25, 0.3) is 0 Å². The molecule has 0 aliphatic carbocycles. The van der Waals surface area contributed by atoms with Gasteiger partial charge in [-0.1, -0.05) is 6.42 Å². The Morgan fingerprint density at radius 1 is 1.21 bits per heavy atom. The summed E-state index contributed by atoms with van der Waals surface area (Å²) in [5.74, 6) is -0.703. The second-order valence-corrected chi connectivity index (χ2v) is 9.64. The van der Waals surface area contributed by atoms with Gasteiger partial charge in [-0.05, 0) is 33.6 Å². The van der Waals surface area contributed by atoms with Gasteiger partial charge in [-0.3, -0.25) is 0 Å². The molecule has 1 aromatic rings. The van der Waals surface area contributed by atoms with E-state index in [0.717, 1.165) is 18.6 Å². The topological polar surface area (TPSA) is 94.2 Å². The van der Waals surface area contributed by atoms with Crippen molar-refractivity contribution >= 4 is 16.1 Å². The molecule has 1 heterocycles. The van der Waals surface area contributed by atoms with Crippen molar-refractivity contribution in [2.45, 2.75) is 56.6 Å². The standard InChI is InChI=1S/C19H29FN2O6S/c1-19(2,3)28-18(23)21-12-13-8-6-7-9-22(13)29(24,25)17-11-16(27-5)15(26-4)10-14(17)20/h10-11,13H,6-9,12H2,1-5H3,(H,21,23). The minimum Gasteiger partial charge on any atom is -0.493 e. The molecule has 2 rings (SSSR count). The Morgan fingerprint density at radius 3 is 2.41 bits per heavy atom. The number of nitrogens with one attached hydrogen (secondary N) is 1. The summed E-state index contributed by atoms with van der Waals surface area (Å²) in [7, 11) is -1.46. The third-order valence-corrected chi connectivity index (χ3v) is 6.45. The molecule has 0 bridgehead atoms. The highest BCUT2D eigenvalue weighted by molar-refractivity contribution is 7.89. The summed E-state index contributed by atoms with van der Waals surface area (Å²) in [6.45, 7) is 5.53. The van der Waals surface area contributed by atoms with Gasteiger partial charge in [0.15, 0.2) is 11.5 Å². The van der Waals surface area contributed by atoms with E-state index in [1.165, 1.54) is 18.5 Å². The van der Waals surface area contributed by atoms with E-state index in [2.05, 4.69) is 5.32 Å². The highest BCUT2D eigenvalue weighted by Crippen LogP contribution is 2.34. The maximum atomic E-state index is 14.6. The van der Waals surface area contributed by atoms with Crippen molar-refractivity contribution < 1.29 is 31.8 Å². The number of amides is 1. The number of hydrogen-bond acceptors (Lipinski definition) is 6. The van der Waals surface area contributed by atoms with Gasteiger partial charge in [-0.15, -0.1) is 0 Å². The van der Waals surface area contributed by atoms with Crippen molar-refractivity contribution in [2.75, 3.05) is 27.3 Å². The van der Waals surface area contributed by atoms with Crippen LogP contribution in [0.15, 0.2) is 17.0 Å². The van der Waals surface area contributed by atoms with E-state index in [-0.39, 0.29) is 24.6 Å². The number of halogens is 1. The highest BCUT2D eigenvalue weighted by atomic mass is 32.2. The lowest BCUT2D eigenvalue weighted by atomic mass is 10.1. The molecule has 0 saturated carbocycles. The van der Waals surface area contributed by atoms with Gasteiger partial charge < -0.3 is 19.5 Å². The number of sulfonamides is 1. The van der Waals surface area contributed by atoms with Crippen LogP contribution in [-0.4, -0.2) is 57.8 Å². The van der Waals surface area contributed by atoms with E-state index >= 15 is 0 Å². The van der Waals surface area contributed by atoms with Gasteiger partial charge in [0.05, 0.1) is 14.2 Å². The summed E-state index contributed by atoms with van der Waals surface area (Å²) >= 11 is 0. The number of methoxy groups -OCH3 is 2. The molecule has 1 atom stereocenters. The summed E-state index contributed by atoms with van der Waals surface area (Å²) in [5, 5.41) is 2.61. The van der Waals surface area contributed by atoms with Crippen LogP contribution < -0.4 is 14.8 Å². The maximum Gasteiger partial charge on any atom is 0.407 e. The lowest BCUT2D eigenvalue weighted by Crippen LogP contribution is -2.50. The molecule has 1 saturated heterocycles. The van der Waals surface area contributed by atoms with Gasteiger partial charge >= 0.3 is 6.09 Å². The number of piperidine rings is 1. The van der Waals surface area contributed by atoms with Crippen molar-refractivity contribution in [3.8, 4) is 11.5 Å². The number of alkyl carbamates (subject to hydrolysis) is 1. The van der Waals surface area contributed by atoms with Crippen LogP contribution in [0.3, 0.4) is 0 Å². The Balaban J connectivity index is 2.26. The normalized spacial score (nSPS) is 18.2. The van der Waals surface area contributed by atoms with E-state index in [4.69, 9.17) is 14.2 Å². The van der Waals surface area contributed by atoms with Gasteiger partial charge in [0, 0.05) is 31.3 Å². The highest BCUT2D eigenvalue weighted by Gasteiger charge is 2.36. The lowest BCUT2D eigenvalue weighted by Gasteiger charge is -2.35. The van der Waals surface area contributed by atoms with Crippen LogP contribution in [0.1, 0.15) is 40.0 Å². The lowest BCUT2D eigenvalue weighted by molar-refractivity contribution is 0.0512. The van der Waals surface area contributed by atoms with Gasteiger partial charge in [-0.25, -0.2) is 17.6 Å². The Kier molecular flexibility index (Phi) is 7.34. The monoisotopic (exact) mass is 432 g/mol. The fourth-order valence-electron chi connectivity index (χ4n) is 3.17. The molecule has 0 radical (unpaired) electrons. The smallest absolute Gasteiger partial charge is 0.407 e.